The molecule has 1 atom stereocenters. The first-order valence-corrected chi connectivity index (χ1v) is 16.6. The van der Waals surface area contributed by atoms with E-state index in [9.17, 15) is 10.2 Å². The topological polar surface area (TPSA) is 49.7 Å². The molecule has 206 valence electrons. The van der Waals surface area contributed by atoms with Crippen LogP contribution >= 0.6 is 0 Å². The number of halogens is 1. The summed E-state index contributed by atoms with van der Waals surface area (Å²) in [6.45, 7) is 15.4. The molecule has 3 nitrogen and oxygen atoms in total. The zero-order valence-corrected chi connectivity index (χ0v) is 25.1. The molecule has 1 unspecified atom stereocenters. The van der Waals surface area contributed by atoms with E-state index in [1.807, 2.05) is 24.3 Å². The van der Waals surface area contributed by atoms with Crippen LogP contribution in [-0.2, 0) is 6.42 Å². The maximum atomic E-state index is 15.5. The van der Waals surface area contributed by atoms with Crippen LogP contribution in [0.2, 0.25) is 16.6 Å². The van der Waals surface area contributed by atoms with Crippen molar-refractivity contribution in [1.29, 1.82) is 0 Å². The lowest BCUT2D eigenvalue weighted by atomic mass is 9.77. The Labute approximate surface area is 225 Å². The van der Waals surface area contributed by atoms with Crippen LogP contribution in [-0.4, -0.2) is 31.2 Å². The van der Waals surface area contributed by atoms with E-state index in [4.69, 9.17) is 4.43 Å². The Bertz CT molecular complexity index is 989. The van der Waals surface area contributed by atoms with E-state index < -0.39 is 14.4 Å². The van der Waals surface area contributed by atoms with E-state index in [0.29, 0.717) is 40.3 Å². The first-order chi connectivity index (χ1) is 17.5. The number of aliphatic hydroxyl groups is 2. The summed E-state index contributed by atoms with van der Waals surface area (Å²) < 4.78 is 22.6. The summed E-state index contributed by atoms with van der Waals surface area (Å²) in [6, 6.07) is 11.6. The Morgan fingerprint density at radius 3 is 2.05 bits per heavy atom. The molecule has 1 fully saturated rings. The third kappa shape index (κ3) is 6.66. The molecule has 0 spiro atoms. The summed E-state index contributed by atoms with van der Waals surface area (Å²) in [4.78, 5) is 0. The molecule has 1 aliphatic carbocycles. The van der Waals surface area contributed by atoms with Gasteiger partial charge in [-0.2, -0.15) is 0 Å². The van der Waals surface area contributed by atoms with Gasteiger partial charge in [-0.1, -0.05) is 79.2 Å². The van der Waals surface area contributed by atoms with Gasteiger partial charge in [0.2, 0.25) is 0 Å². The number of hydrogen-bond acceptors (Lipinski definition) is 3. The standard InChI is InChI=1S/C32H49FO3Si/c1-8-24-9-11-25(12-10-24)26-15-16-30(31(33)18-26)27-13-14-28(17-29(35)20-34)32(19-27)36-37(21(2)3,22(4)5)23(6)7/h13-16,18-19,21-25,29,34-35H,8-12,17,20H2,1-7H3. The van der Waals surface area contributed by atoms with Crippen LogP contribution in [0.25, 0.3) is 11.1 Å². The zero-order chi connectivity index (χ0) is 27.3. The second-order valence-electron chi connectivity index (χ2n) is 12.1. The van der Waals surface area contributed by atoms with E-state index >= 15 is 4.39 Å². The van der Waals surface area contributed by atoms with Crippen molar-refractivity contribution in [3.8, 4) is 16.9 Å². The third-order valence-corrected chi connectivity index (χ3v) is 14.9. The van der Waals surface area contributed by atoms with Crippen LogP contribution < -0.4 is 4.43 Å². The Balaban J connectivity index is 1.99. The van der Waals surface area contributed by atoms with E-state index in [1.54, 1.807) is 6.07 Å². The van der Waals surface area contributed by atoms with Crippen molar-refractivity contribution in [2.45, 2.75) is 116 Å². The molecule has 5 heteroatoms. The predicted molar refractivity (Wildman–Crippen MR) is 155 cm³/mol. The Kier molecular flexibility index (Phi) is 10.4. The molecule has 0 bridgehead atoms. The van der Waals surface area contributed by atoms with Crippen molar-refractivity contribution in [2.75, 3.05) is 6.61 Å². The van der Waals surface area contributed by atoms with Crippen LogP contribution in [0.15, 0.2) is 36.4 Å². The summed E-state index contributed by atoms with van der Waals surface area (Å²) in [7, 11) is -2.28. The summed E-state index contributed by atoms with van der Waals surface area (Å²) >= 11 is 0. The number of rotatable bonds is 11. The molecular weight excluding hydrogens is 479 g/mol. The molecular formula is C32H49FO3Si. The van der Waals surface area contributed by atoms with Crippen molar-refractivity contribution in [3.05, 3.63) is 53.3 Å². The number of hydrogen-bond donors (Lipinski definition) is 2. The molecule has 0 amide bonds. The second kappa shape index (κ2) is 12.9. The quantitative estimate of drug-likeness (QED) is 0.287. The number of aliphatic hydroxyl groups excluding tert-OH is 2. The van der Waals surface area contributed by atoms with Gasteiger partial charge in [0.1, 0.15) is 11.6 Å². The maximum Gasteiger partial charge on any atom is 0.258 e. The van der Waals surface area contributed by atoms with Crippen molar-refractivity contribution in [3.63, 3.8) is 0 Å². The first-order valence-electron chi connectivity index (χ1n) is 14.4. The fourth-order valence-corrected chi connectivity index (χ4v) is 12.0. The molecule has 1 aliphatic rings. The lowest BCUT2D eigenvalue weighted by molar-refractivity contribution is 0.0951. The maximum absolute atomic E-state index is 15.5. The van der Waals surface area contributed by atoms with Gasteiger partial charge in [0.05, 0.1) is 12.7 Å². The van der Waals surface area contributed by atoms with Crippen LogP contribution in [0.1, 0.15) is 97.6 Å². The fourth-order valence-electron chi connectivity index (χ4n) is 6.77. The highest BCUT2D eigenvalue weighted by molar-refractivity contribution is 6.78. The predicted octanol–water partition coefficient (Wildman–Crippen LogP) is 8.63. The molecule has 0 aromatic heterocycles. The van der Waals surface area contributed by atoms with Crippen LogP contribution in [0.4, 0.5) is 4.39 Å². The van der Waals surface area contributed by atoms with Crippen molar-refractivity contribution in [1.82, 2.24) is 0 Å². The molecule has 3 rings (SSSR count). The van der Waals surface area contributed by atoms with Gasteiger partial charge >= 0.3 is 0 Å². The van der Waals surface area contributed by atoms with Gasteiger partial charge < -0.3 is 14.6 Å². The van der Waals surface area contributed by atoms with Gasteiger partial charge in [0.15, 0.2) is 0 Å². The zero-order valence-electron chi connectivity index (χ0n) is 24.1. The van der Waals surface area contributed by atoms with Gasteiger partial charge in [-0.25, -0.2) is 4.39 Å². The summed E-state index contributed by atoms with van der Waals surface area (Å²) in [5.41, 5.74) is 4.47. The minimum atomic E-state index is -2.28. The molecule has 0 radical (unpaired) electrons. The van der Waals surface area contributed by atoms with Crippen molar-refractivity contribution in [2.24, 2.45) is 5.92 Å². The van der Waals surface area contributed by atoms with Gasteiger partial charge in [-0.05, 0) is 83.0 Å². The molecule has 2 N–H and O–H groups in total. The van der Waals surface area contributed by atoms with E-state index in [0.717, 1.165) is 35.4 Å². The van der Waals surface area contributed by atoms with Gasteiger partial charge in [0.25, 0.3) is 8.32 Å². The van der Waals surface area contributed by atoms with Gasteiger partial charge in [-0.15, -0.1) is 0 Å². The molecule has 2 aromatic rings. The highest BCUT2D eigenvalue weighted by Crippen LogP contribution is 2.45. The fraction of sp³-hybridized carbons (Fsp3) is 0.625. The largest absolute Gasteiger partial charge is 0.542 e. The van der Waals surface area contributed by atoms with Crippen LogP contribution in [0.5, 0.6) is 5.75 Å². The second-order valence-corrected chi connectivity index (χ2v) is 17.5. The van der Waals surface area contributed by atoms with Crippen LogP contribution in [0.3, 0.4) is 0 Å². The first kappa shape index (κ1) is 29.9. The van der Waals surface area contributed by atoms with E-state index in [-0.39, 0.29) is 12.4 Å². The lowest BCUT2D eigenvalue weighted by Crippen LogP contribution is -2.50. The van der Waals surface area contributed by atoms with Crippen LogP contribution in [0, 0.1) is 11.7 Å². The average molecular weight is 529 g/mol. The summed E-state index contributed by atoms with van der Waals surface area (Å²) in [6.07, 6.45) is 5.43. The SMILES string of the molecule is CCC1CCC(c2ccc(-c3ccc(CC(O)CO)c(O[Si](C(C)C)(C(C)C)C(C)C)c3)c(F)c2)CC1. The average Bonchev–Trinajstić information content (AvgIpc) is 2.87. The molecule has 1 saturated carbocycles. The van der Waals surface area contributed by atoms with Gasteiger partial charge in [-0.3, -0.25) is 0 Å². The highest BCUT2D eigenvalue weighted by atomic mass is 28.4. The van der Waals surface area contributed by atoms with Crippen molar-refractivity contribution >= 4 is 8.32 Å². The lowest BCUT2D eigenvalue weighted by Gasteiger charge is -2.42. The normalized spacial score (nSPS) is 19.6. The Morgan fingerprint density at radius 1 is 0.919 bits per heavy atom. The molecule has 0 aliphatic heterocycles. The monoisotopic (exact) mass is 528 g/mol. The van der Waals surface area contributed by atoms with Gasteiger partial charge in [0, 0.05) is 12.0 Å². The number of benzene rings is 2. The molecule has 37 heavy (non-hydrogen) atoms. The van der Waals surface area contributed by atoms with E-state index in [2.05, 4.69) is 54.5 Å². The summed E-state index contributed by atoms with van der Waals surface area (Å²) in [5.74, 6) is 1.79. The highest BCUT2D eigenvalue weighted by Gasteiger charge is 2.47. The van der Waals surface area contributed by atoms with Crippen molar-refractivity contribution < 1.29 is 19.0 Å². The smallest absolute Gasteiger partial charge is 0.258 e. The van der Waals surface area contributed by atoms with E-state index in [1.165, 1.54) is 19.3 Å². The Morgan fingerprint density at radius 2 is 1.54 bits per heavy atom. The molecule has 0 heterocycles. The minimum absolute atomic E-state index is 0.190. The summed E-state index contributed by atoms with van der Waals surface area (Å²) in [5, 5.41) is 19.7. The molecule has 2 aromatic carbocycles. The minimum Gasteiger partial charge on any atom is -0.542 e. The third-order valence-electron chi connectivity index (χ3n) is 8.93. The Hall–Kier alpha value is -1.69. The molecule has 0 saturated heterocycles.